The number of nitrogens with zero attached hydrogens (tertiary/aromatic N) is 3. The molecule has 2 aromatic carbocycles. The number of oxime groups is 1. The highest BCUT2D eigenvalue weighted by Gasteiger charge is 2.04. The standard InChI is InChI=1S/C20H19N3O4/c1-25-19-8-4-16(5-9-19)12-22-27-14-20(24)26-13-17-2-6-18(7-3-17)23-11-10-21-15-23/h2-12,15H,13-14H2,1H3/b22-12+. The van der Waals surface area contributed by atoms with Crippen molar-refractivity contribution in [2.24, 2.45) is 5.16 Å². The number of esters is 1. The van der Waals surface area contributed by atoms with Crippen LogP contribution in [0.5, 0.6) is 5.75 Å². The topological polar surface area (TPSA) is 74.9 Å². The molecule has 7 heteroatoms. The molecule has 0 radical (unpaired) electrons. The molecule has 0 atom stereocenters. The largest absolute Gasteiger partial charge is 0.497 e. The normalized spacial score (nSPS) is 10.7. The molecule has 138 valence electrons. The van der Waals surface area contributed by atoms with E-state index in [-0.39, 0.29) is 13.2 Å². The molecule has 0 saturated heterocycles. The lowest BCUT2D eigenvalue weighted by Gasteiger charge is -2.06. The average molecular weight is 365 g/mol. The van der Waals surface area contributed by atoms with E-state index in [1.807, 2.05) is 59.3 Å². The van der Waals surface area contributed by atoms with E-state index in [1.54, 1.807) is 19.6 Å². The van der Waals surface area contributed by atoms with Gasteiger partial charge in [0, 0.05) is 18.1 Å². The Balaban J connectivity index is 1.39. The molecule has 0 fully saturated rings. The zero-order valence-electron chi connectivity index (χ0n) is 14.8. The average Bonchev–Trinajstić information content (AvgIpc) is 3.25. The van der Waals surface area contributed by atoms with E-state index in [4.69, 9.17) is 14.3 Å². The maximum Gasteiger partial charge on any atom is 0.347 e. The van der Waals surface area contributed by atoms with Gasteiger partial charge in [0.25, 0.3) is 0 Å². The fourth-order valence-corrected chi connectivity index (χ4v) is 2.26. The predicted octanol–water partition coefficient (Wildman–Crippen LogP) is 2.97. The van der Waals surface area contributed by atoms with Crippen LogP contribution in [0.15, 0.2) is 72.4 Å². The van der Waals surface area contributed by atoms with Gasteiger partial charge in [-0.3, -0.25) is 0 Å². The molecule has 27 heavy (non-hydrogen) atoms. The monoisotopic (exact) mass is 365 g/mol. The van der Waals surface area contributed by atoms with Gasteiger partial charge in [0.15, 0.2) is 0 Å². The number of hydrogen-bond donors (Lipinski definition) is 0. The second-order valence-electron chi connectivity index (χ2n) is 5.58. The quantitative estimate of drug-likeness (QED) is 0.348. The third-order valence-corrected chi connectivity index (χ3v) is 3.71. The molecule has 0 unspecified atom stereocenters. The molecule has 1 aromatic heterocycles. The van der Waals surface area contributed by atoms with Gasteiger partial charge in [-0.25, -0.2) is 9.78 Å². The summed E-state index contributed by atoms with van der Waals surface area (Å²) in [6, 6.07) is 14.9. The minimum absolute atomic E-state index is 0.175. The molecule has 0 spiro atoms. The number of hydrogen-bond acceptors (Lipinski definition) is 6. The number of carbonyl (C=O) groups is 1. The van der Waals surface area contributed by atoms with Gasteiger partial charge in [-0.05, 0) is 47.5 Å². The summed E-state index contributed by atoms with van der Waals surface area (Å²) in [5.74, 6) is 0.273. The Morgan fingerprint density at radius 3 is 2.59 bits per heavy atom. The molecule has 3 rings (SSSR count). The van der Waals surface area contributed by atoms with Crippen molar-refractivity contribution >= 4 is 12.2 Å². The molecule has 0 aliphatic heterocycles. The highest BCUT2D eigenvalue weighted by Crippen LogP contribution is 2.11. The number of carbonyl (C=O) groups excluding carboxylic acids is 1. The van der Waals surface area contributed by atoms with Crippen molar-refractivity contribution in [1.29, 1.82) is 0 Å². The molecule has 0 saturated carbocycles. The van der Waals surface area contributed by atoms with E-state index in [1.165, 1.54) is 6.21 Å². The summed E-state index contributed by atoms with van der Waals surface area (Å²) < 4.78 is 12.1. The number of imidazole rings is 1. The Morgan fingerprint density at radius 1 is 1.15 bits per heavy atom. The Kier molecular flexibility index (Phi) is 6.19. The molecule has 7 nitrogen and oxygen atoms in total. The summed E-state index contributed by atoms with van der Waals surface area (Å²) in [5.41, 5.74) is 2.70. The van der Waals surface area contributed by atoms with Gasteiger partial charge in [-0.15, -0.1) is 0 Å². The smallest absolute Gasteiger partial charge is 0.347 e. The molecule has 1 heterocycles. The lowest BCUT2D eigenvalue weighted by atomic mass is 10.2. The summed E-state index contributed by atoms with van der Waals surface area (Å²) >= 11 is 0. The fourth-order valence-electron chi connectivity index (χ4n) is 2.26. The number of aromatic nitrogens is 2. The summed E-state index contributed by atoms with van der Waals surface area (Å²) in [6.45, 7) is -0.0750. The minimum atomic E-state index is -0.486. The van der Waals surface area contributed by atoms with E-state index in [0.717, 1.165) is 22.6 Å². The van der Waals surface area contributed by atoms with Gasteiger partial charge in [0.1, 0.15) is 12.4 Å². The van der Waals surface area contributed by atoms with Gasteiger partial charge in [0.05, 0.1) is 19.7 Å². The Morgan fingerprint density at radius 2 is 1.93 bits per heavy atom. The Labute approximate surface area is 156 Å². The molecule has 3 aromatic rings. The lowest BCUT2D eigenvalue weighted by Crippen LogP contribution is -2.10. The van der Waals surface area contributed by atoms with Crippen molar-refractivity contribution < 1.29 is 19.1 Å². The van der Waals surface area contributed by atoms with Gasteiger partial charge >= 0.3 is 5.97 Å². The van der Waals surface area contributed by atoms with Crippen LogP contribution in [0, 0.1) is 0 Å². The lowest BCUT2D eigenvalue weighted by molar-refractivity contribution is -0.150. The molecule has 0 amide bonds. The van der Waals surface area contributed by atoms with Gasteiger partial charge < -0.3 is 18.9 Å². The van der Waals surface area contributed by atoms with Crippen molar-refractivity contribution in [2.75, 3.05) is 13.7 Å². The minimum Gasteiger partial charge on any atom is -0.497 e. The summed E-state index contributed by atoms with van der Waals surface area (Å²) in [4.78, 5) is 20.7. The first kappa shape index (κ1) is 18.2. The second kappa shape index (κ2) is 9.19. The zero-order chi connectivity index (χ0) is 18.9. The van der Waals surface area contributed by atoms with Crippen LogP contribution in [-0.2, 0) is 21.0 Å². The van der Waals surface area contributed by atoms with Crippen LogP contribution in [0.1, 0.15) is 11.1 Å². The van der Waals surface area contributed by atoms with Crippen molar-refractivity contribution in [3.8, 4) is 11.4 Å². The van der Waals surface area contributed by atoms with Gasteiger partial charge in [-0.2, -0.15) is 0 Å². The first-order chi connectivity index (χ1) is 13.2. The Bertz CT molecular complexity index is 873. The number of rotatable bonds is 8. The highest BCUT2D eigenvalue weighted by molar-refractivity contribution is 5.79. The van der Waals surface area contributed by atoms with Crippen LogP contribution in [0.3, 0.4) is 0 Å². The molecular weight excluding hydrogens is 346 g/mol. The summed E-state index contributed by atoms with van der Waals surface area (Å²) in [5, 5.41) is 3.76. The van der Waals surface area contributed by atoms with Crippen molar-refractivity contribution in [3.63, 3.8) is 0 Å². The predicted molar refractivity (Wildman–Crippen MR) is 99.9 cm³/mol. The first-order valence-corrected chi connectivity index (χ1v) is 8.27. The van der Waals surface area contributed by atoms with Crippen LogP contribution in [0.4, 0.5) is 0 Å². The van der Waals surface area contributed by atoms with Crippen LogP contribution >= 0.6 is 0 Å². The van der Waals surface area contributed by atoms with Crippen LogP contribution in [0.2, 0.25) is 0 Å². The van der Waals surface area contributed by atoms with Gasteiger partial charge in [0.2, 0.25) is 6.61 Å². The van der Waals surface area contributed by atoms with E-state index in [0.29, 0.717) is 0 Å². The van der Waals surface area contributed by atoms with E-state index < -0.39 is 5.97 Å². The van der Waals surface area contributed by atoms with Crippen molar-refractivity contribution in [1.82, 2.24) is 9.55 Å². The molecular formula is C20H19N3O4. The first-order valence-electron chi connectivity index (χ1n) is 8.27. The second-order valence-corrected chi connectivity index (χ2v) is 5.58. The van der Waals surface area contributed by atoms with Crippen molar-refractivity contribution in [2.45, 2.75) is 6.61 Å². The molecule has 0 aliphatic rings. The van der Waals surface area contributed by atoms with E-state index in [9.17, 15) is 4.79 Å². The summed E-state index contributed by atoms with van der Waals surface area (Å²) in [6.07, 6.45) is 6.81. The third kappa shape index (κ3) is 5.43. The maximum atomic E-state index is 11.7. The molecule has 0 bridgehead atoms. The highest BCUT2D eigenvalue weighted by atomic mass is 16.6. The molecule has 0 aliphatic carbocycles. The van der Waals surface area contributed by atoms with Crippen LogP contribution in [-0.4, -0.2) is 35.5 Å². The third-order valence-electron chi connectivity index (χ3n) is 3.71. The van der Waals surface area contributed by atoms with Gasteiger partial charge in [-0.1, -0.05) is 17.3 Å². The number of ether oxygens (including phenoxy) is 2. The SMILES string of the molecule is COc1ccc(/C=N/OCC(=O)OCc2ccc(-n3ccnc3)cc2)cc1. The Hall–Kier alpha value is -3.61. The van der Waals surface area contributed by atoms with Crippen LogP contribution in [0.25, 0.3) is 5.69 Å². The molecule has 0 N–H and O–H groups in total. The van der Waals surface area contributed by atoms with E-state index >= 15 is 0 Å². The summed E-state index contributed by atoms with van der Waals surface area (Å²) in [7, 11) is 1.60. The van der Waals surface area contributed by atoms with E-state index in [2.05, 4.69) is 10.1 Å². The van der Waals surface area contributed by atoms with Crippen molar-refractivity contribution in [3.05, 3.63) is 78.4 Å². The number of benzene rings is 2. The zero-order valence-corrected chi connectivity index (χ0v) is 14.8. The fraction of sp³-hybridized carbons (Fsp3) is 0.150. The number of methoxy groups -OCH3 is 1. The van der Waals surface area contributed by atoms with Crippen LogP contribution < -0.4 is 4.74 Å². The maximum absolute atomic E-state index is 11.7.